The summed E-state index contributed by atoms with van der Waals surface area (Å²) in [5.41, 5.74) is 2.23. The van der Waals surface area contributed by atoms with Crippen LogP contribution in [0.5, 0.6) is 0 Å². The molecule has 2 rings (SSSR count). The minimum atomic E-state index is -0.923. The molecule has 5 heteroatoms. The highest BCUT2D eigenvalue weighted by atomic mass is 79.9. The fraction of sp³-hybridized carbons (Fsp3) is 0.0714. The van der Waals surface area contributed by atoms with Gasteiger partial charge in [-0.15, -0.1) is 0 Å². The molecular weight excluding hydrogens is 330 g/mol. The number of nitrogens with one attached hydrogen (secondary N) is 1. The van der Waals surface area contributed by atoms with Crippen LogP contribution in [0.25, 0.3) is 0 Å². The van der Waals surface area contributed by atoms with Crippen LogP contribution in [0.1, 0.15) is 15.9 Å². The predicted molar refractivity (Wildman–Crippen MR) is 79.9 cm³/mol. The number of aromatic carboxylic acids is 1. The number of hydrogen-bond donors (Lipinski definition) is 2. The molecule has 98 valence electrons. The lowest BCUT2D eigenvalue weighted by Crippen LogP contribution is -2.00. The molecule has 0 saturated carbocycles. The summed E-state index contributed by atoms with van der Waals surface area (Å²) in [6.07, 6.45) is 0. The van der Waals surface area contributed by atoms with Gasteiger partial charge in [0.1, 0.15) is 0 Å². The second-order valence-electron chi connectivity index (χ2n) is 3.98. The summed E-state index contributed by atoms with van der Waals surface area (Å²) in [4.78, 5) is 10.7. The molecule has 0 heterocycles. The van der Waals surface area contributed by atoms with Crippen molar-refractivity contribution >= 4 is 39.2 Å². The highest BCUT2D eigenvalue weighted by molar-refractivity contribution is 9.10. The van der Waals surface area contributed by atoms with Crippen LogP contribution in [-0.2, 0) is 6.54 Å². The zero-order valence-corrected chi connectivity index (χ0v) is 12.2. The fourth-order valence-corrected chi connectivity index (χ4v) is 2.13. The van der Waals surface area contributed by atoms with Gasteiger partial charge in [0, 0.05) is 16.7 Å². The molecule has 0 aliphatic rings. The molecule has 0 unspecified atom stereocenters. The van der Waals surface area contributed by atoms with Crippen molar-refractivity contribution in [3.05, 3.63) is 63.1 Å². The van der Waals surface area contributed by atoms with Gasteiger partial charge in [-0.25, -0.2) is 4.79 Å². The van der Waals surface area contributed by atoms with E-state index in [-0.39, 0.29) is 5.56 Å². The lowest BCUT2D eigenvalue weighted by Gasteiger charge is -2.07. The number of carboxylic acids is 1. The SMILES string of the molecule is O=C(O)c1ccc(NCc2ccc(Cl)c(Br)c2)cc1. The van der Waals surface area contributed by atoms with E-state index in [1.165, 1.54) is 0 Å². The Morgan fingerprint density at radius 3 is 2.47 bits per heavy atom. The summed E-state index contributed by atoms with van der Waals surface area (Å²) in [7, 11) is 0. The summed E-state index contributed by atoms with van der Waals surface area (Å²) < 4.78 is 0.856. The first-order valence-electron chi connectivity index (χ1n) is 5.57. The van der Waals surface area contributed by atoms with E-state index in [0.717, 1.165) is 15.7 Å². The Morgan fingerprint density at radius 1 is 1.21 bits per heavy atom. The van der Waals surface area contributed by atoms with Crippen LogP contribution in [0, 0.1) is 0 Å². The molecule has 0 bridgehead atoms. The van der Waals surface area contributed by atoms with Gasteiger partial charge in [-0.3, -0.25) is 0 Å². The molecule has 0 atom stereocenters. The third-order valence-electron chi connectivity index (χ3n) is 2.61. The minimum absolute atomic E-state index is 0.278. The van der Waals surface area contributed by atoms with Crippen molar-refractivity contribution in [1.82, 2.24) is 0 Å². The molecule has 0 spiro atoms. The second-order valence-corrected chi connectivity index (χ2v) is 5.25. The zero-order chi connectivity index (χ0) is 13.8. The van der Waals surface area contributed by atoms with E-state index >= 15 is 0 Å². The second kappa shape index (κ2) is 6.08. The van der Waals surface area contributed by atoms with E-state index < -0.39 is 5.97 Å². The van der Waals surface area contributed by atoms with Gasteiger partial charge < -0.3 is 10.4 Å². The lowest BCUT2D eigenvalue weighted by molar-refractivity contribution is 0.0697. The third-order valence-corrected chi connectivity index (χ3v) is 3.83. The van der Waals surface area contributed by atoms with Gasteiger partial charge >= 0.3 is 5.97 Å². The van der Waals surface area contributed by atoms with Crippen LogP contribution in [0.3, 0.4) is 0 Å². The molecule has 2 aromatic carbocycles. The van der Waals surface area contributed by atoms with Crippen molar-refractivity contribution in [2.75, 3.05) is 5.32 Å². The maximum atomic E-state index is 10.7. The average Bonchev–Trinajstić information content (AvgIpc) is 2.40. The Bertz CT molecular complexity index is 599. The summed E-state index contributed by atoms with van der Waals surface area (Å²) in [5.74, 6) is -0.923. The Hall–Kier alpha value is -1.52. The number of carbonyl (C=O) groups is 1. The first-order chi connectivity index (χ1) is 9.06. The Kier molecular flexibility index (Phi) is 4.45. The molecule has 2 N–H and O–H groups in total. The van der Waals surface area contributed by atoms with Gasteiger partial charge in [0.2, 0.25) is 0 Å². The first-order valence-corrected chi connectivity index (χ1v) is 6.74. The van der Waals surface area contributed by atoms with E-state index in [0.29, 0.717) is 11.6 Å². The Morgan fingerprint density at radius 2 is 1.89 bits per heavy atom. The van der Waals surface area contributed by atoms with Crippen LogP contribution >= 0.6 is 27.5 Å². The monoisotopic (exact) mass is 339 g/mol. The highest BCUT2D eigenvalue weighted by Gasteiger charge is 2.02. The smallest absolute Gasteiger partial charge is 0.335 e. The average molecular weight is 341 g/mol. The van der Waals surface area contributed by atoms with Crippen molar-refractivity contribution < 1.29 is 9.90 Å². The zero-order valence-electron chi connectivity index (χ0n) is 9.86. The third kappa shape index (κ3) is 3.72. The molecule has 0 aliphatic carbocycles. The van der Waals surface area contributed by atoms with Crippen LogP contribution < -0.4 is 5.32 Å². The van der Waals surface area contributed by atoms with Gasteiger partial charge in [-0.1, -0.05) is 17.7 Å². The molecule has 19 heavy (non-hydrogen) atoms. The molecule has 0 fully saturated rings. The van der Waals surface area contributed by atoms with Crippen LogP contribution in [0.15, 0.2) is 46.9 Å². The van der Waals surface area contributed by atoms with Crippen molar-refractivity contribution in [3.63, 3.8) is 0 Å². The van der Waals surface area contributed by atoms with Crippen LogP contribution in [0.2, 0.25) is 5.02 Å². The largest absolute Gasteiger partial charge is 0.478 e. The van der Waals surface area contributed by atoms with Crippen molar-refractivity contribution in [2.24, 2.45) is 0 Å². The number of anilines is 1. The molecule has 3 nitrogen and oxygen atoms in total. The van der Waals surface area contributed by atoms with E-state index in [2.05, 4.69) is 21.2 Å². The number of benzene rings is 2. The highest BCUT2D eigenvalue weighted by Crippen LogP contribution is 2.23. The normalized spacial score (nSPS) is 10.2. The number of hydrogen-bond acceptors (Lipinski definition) is 2. The summed E-state index contributed by atoms with van der Waals surface area (Å²) in [5, 5.41) is 12.7. The quantitative estimate of drug-likeness (QED) is 0.866. The van der Waals surface area contributed by atoms with Crippen LogP contribution in [-0.4, -0.2) is 11.1 Å². The summed E-state index contributed by atoms with van der Waals surface area (Å²) >= 11 is 9.29. The van der Waals surface area contributed by atoms with Crippen molar-refractivity contribution in [2.45, 2.75) is 6.54 Å². The summed E-state index contributed by atoms with van der Waals surface area (Å²) in [6.45, 7) is 0.641. The van der Waals surface area contributed by atoms with Gasteiger partial charge in [0.25, 0.3) is 0 Å². The van der Waals surface area contributed by atoms with Gasteiger partial charge in [-0.05, 0) is 57.9 Å². The van der Waals surface area contributed by atoms with Gasteiger partial charge in [0.05, 0.1) is 10.6 Å². The van der Waals surface area contributed by atoms with E-state index in [9.17, 15) is 4.79 Å². The minimum Gasteiger partial charge on any atom is -0.478 e. The standard InChI is InChI=1S/C14H11BrClNO2/c15-12-7-9(1-6-13(12)16)8-17-11-4-2-10(3-5-11)14(18)19/h1-7,17H,8H2,(H,18,19). The molecule has 0 saturated heterocycles. The molecule has 0 aromatic heterocycles. The lowest BCUT2D eigenvalue weighted by atomic mass is 10.2. The molecule has 2 aromatic rings. The van der Waals surface area contributed by atoms with E-state index in [4.69, 9.17) is 16.7 Å². The van der Waals surface area contributed by atoms with Gasteiger partial charge in [-0.2, -0.15) is 0 Å². The number of rotatable bonds is 4. The van der Waals surface area contributed by atoms with E-state index in [1.807, 2.05) is 18.2 Å². The van der Waals surface area contributed by atoms with Gasteiger partial charge in [0.15, 0.2) is 0 Å². The van der Waals surface area contributed by atoms with Crippen molar-refractivity contribution in [3.8, 4) is 0 Å². The maximum Gasteiger partial charge on any atom is 0.335 e. The van der Waals surface area contributed by atoms with E-state index in [1.54, 1.807) is 24.3 Å². The molecular formula is C14H11BrClNO2. The molecule has 0 amide bonds. The first kappa shape index (κ1) is 13.9. The van der Waals surface area contributed by atoms with Crippen LogP contribution in [0.4, 0.5) is 5.69 Å². The number of carboxylic acid groups (broad SMARTS) is 1. The Labute approximate surface area is 124 Å². The Balaban J connectivity index is 2.01. The van der Waals surface area contributed by atoms with Crippen molar-refractivity contribution in [1.29, 1.82) is 0 Å². The topological polar surface area (TPSA) is 49.3 Å². The predicted octanol–water partition coefficient (Wildman–Crippen LogP) is 4.41. The number of halogens is 2. The fourth-order valence-electron chi connectivity index (χ4n) is 1.58. The molecule has 0 aliphatic heterocycles. The summed E-state index contributed by atoms with van der Waals surface area (Å²) in [6, 6.07) is 12.3. The molecule has 0 radical (unpaired) electrons. The maximum absolute atomic E-state index is 10.7.